The van der Waals surface area contributed by atoms with Gasteiger partial charge in [0.2, 0.25) is 0 Å². The molecule has 16 heavy (non-hydrogen) atoms. The topological polar surface area (TPSA) is 57.2 Å². The van der Waals surface area contributed by atoms with Gasteiger partial charge in [0.15, 0.2) is 0 Å². The lowest BCUT2D eigenvalue weighted by molar-refractivity contribution is -0.884. The van der Waals surface area contributed by atoms with E-state index >= 15 is 0 Å². The second kappa shape index (κ2) is 6.37. The average molecular weight is 249 g/mol. The molecule has 0 aromatic carbocycles. The van der Waals surface area contributed by atoms with Crippen molar-refractivity contribution in [3.8, 4) is 0 Å². The van der Waals surface area contributed by atoms with E-state index in [1.165, 1.54) is 5.57 Å². The lowest BCUT2D eigenvalue weighted by Crippen LogP contribution is -2.40. The first-order valence-corrected chi connectivity index (χ1v) is 7.09. The smallest absolute Gasteiger partial charge is 0.0972 e. The van der Waals surface area contributed by atoms with Crippen molar-refractivity contribution in [2.75, 3.05) is 32.9 Å². The van der Waals surface area contributed by atoms with Gasteiger partial charge >= 0.3 is 0 Å². The van der Waals surface area contributed by atoms with Crippen LogP contribution < -0.4 is 0 Å². The summed E-state index contributed by atoms with van der Waals surface area (Å²) < 4.78 is 32.0. The quantitative estimate of drug-likeness (QED) is 0.296. The van der Waals surface area contributed by atoms with Crippen LogP contribution in [0.4, 0.5) is 0 Å². The van der Waals surface area contributed by atoms with E-state index in [4.69, 9.17) is 0 Å². The molecule has 0 atom stereocenters. The molecule has 0 radical (unpaired) electrons. The van der Waals surface area contributed by atoms with E-state index in [0.29, 0.717) is 6.42 Å². The monoisotopic (exact) mass is 249 g/mol. The number of nitrogens with zero attached hydrogens (tertiary/aromatic N) is 1. The molecule has 0 rings (SSSR count). The summed E-state index contributed by atoms with van der Waals surface area (Å²) in [5, 5.41) is 0. The first-order valence-electron chi connectivity index (χ1n) is 5.51. The van der Waals surface area contributed by atoms with Crippen LogP contribution in [0.3, 0.4) is 0 Å². The lowest BCUT2D eigenvalue weighted by Gasteiger charge is -2.28. The Bertz CT molecular complexity index is 327. The fourth-order valence-electron chi connectivity index (χ4n) is 1.34. The third-order valence-corrected chi connectivity index (χ3v) is 3.19. The largest absolute Gasteiger partial charge is 0.748 e. The molecule has 0 aliphatic rings. The second-order valence-electron chi connectivity index (χ2n) is 5.09. The van der Waals surface area contributed by atoms with Crippen LogP contribution in [0.1, 0.15) is 26.7 Å². The summed E-state index contributed by atoms with van der Waals surface area (Å²) in [6, 6.07) is 0. The fourth-order valence-corrected chi connectivity index (χ4v) is 1.90. The van der Waals surface area contributed by atoms with Gasteiger partial charge in [-0.3, -0.25) is 0 Å². The molecular formula is C11H23NO3S. The molecule has 0 aromatic heterocycles. The van der Waals surface area contributed by atoms with Crippen molar-refractivity contribution in [1.29, 1.82) is 0 Å². The summed E-state index contributed by atoms with van der Waals surface area (Å²) in [5.41, 5.74) is 1.29. The molecule has 0 aromatic rings. The Morgan fingerprint density at radius 2 is 1.81 bits per heavy atom. The van der Waals surface area contributed by atoms with Gasteiger partial charge in [-0.15, -0.1) is 0 Å². The molecule has 4 nitrogen and oxygen atoms in total. The third-order valence-electron chi connectivity index (χ3n) is 2.40. The molecular weight excluding hydrogens is 226 g/mol. The number of unbranched alkanes of at least 4 members (excludes halogenated alkanes) is 1. The summed E-state index contributed by atoms with van der Waals surface area (Å²) >= 11 is 0. The maximum absolute atomic E-state index is 10.4. The average Bonchev–Trinajstić information content (AvgIpc) is 2.08. The van der Waals surface area contributed by atoms with Crippen molar-refractivity contribution in [2.24, 2.45) is 0 Å². The van der Waals surface area contributed by atoms with Gasteiger partial charge < -0.3 is 9.04 Å². The number of hydrogen-bond donors (Lipinski definition) is 0. The Labute approximate surface area is 99.3 Å². The molecule has 0 aliphatic heterocycles. The summed E-state index contributed by atoms with van der Waals surface area (Å²) in [6.45, 7) is 5.94. The SMILES string of the molecule is CC(C)=CC[N+](C)(C)CCCCS(=O)(=O)[O-]. The first-order chi connectivity index (χ1) is 7.12. The van der Waals surface area contributed by atoms with Crippen molar-refractivity contribution >= 4 is 10.1 Å². The minimum absolute atomic E-state index is 0.240. The van der Waals surface area contributed by atoms with Gasteiger partial charge in [0, 0.05) is 5.75 Å². The molecule has 96 valence electrons. The highest BCUT2D eigenvalue weighted by atomic mass is 32.2. The van der Waals surface area contributed by atoms with Crippen LogP contribution in [-0.4, -0.2) is 50.4 Å². The first kappa shape index (κ1) is 15.6. The van der Waals surface area contributed by atoms with E-state index in [1.54, 1.807) is 0 Å². The molecule has 0 unspecified atom stereocenters. The van der Waals surface area contributed by atoms with Crippen molar-refractivity contribution in [2.45, 2.75) is 26.7 Å². The number of allylic oxidation sites excluding steroid dienone is 1. The van der Waals surface area contributed by atoms with E-state index in [2.05, 4.69) is 34.0 Å². The Hall–Kier alpha value is -0.390. The summed E-state index contributed by atoms with van der Waals surface area (Å²) in [6.07, 6.45) is 3.40. The van der Waals surface area contributed by atoms with Gasteiger partial charge in [-0.2, -0.15) is 0 Å². The van der Waals surface area contributed by atoms with Crippen LogP contribution in [0.2, 0.25) is 0 Å². The normalized spacial score (nSPS) is 12.6. The Balaban J connectivity index is 3.87. The van der Waals surface area contributed by atoms with Gasteiger partial charge in [0.25, 0.3) is 0 Å². The summed E-state index contributed by atoms with van der Waals surface area (Å²) in [5.74, 6) is -0.240. The summed E-state index contributed by atoms with van der Waals surface area (Å²) in [4.78, 5) is 0. The highest BCUT2D eigenvalue weighted by Gasteiger charge is 2.12. The fraction of sp³-hybridized carbons (Fsp3) is 0.818. The van der Waals surface area contributed by atoms with Crippen LogP contribution in [0, 0.1) is 0 Å². The van der Waals surface area contributed by atoms with Crippen LogP contribution in [0.15, 0.2) is 11.6 Å². The van der Waals surface area contributed by atoms with Gasteiger partial charge in [0.05, 0.1) is 37.3 Å². The zero-order valence-corrected chi connectivity index (χ0v) is 11.5. The van der Waals surface area contributed by atoms with Crippen LogP contribution >= 0.6 is 0 Å². The maximum atomic E-state index is 10.4. The summed E-state index contributed by atoms with van der Waals surface area (Å²) in [7, 11) is 0.168. The molecule has 0 spiro atoms. The number of rotatable bonds is 7. The van der Waals surface area contributed by atoms with Crippen molar-refractivity contribution in [3.63, 3.8) is 0 Å². The highest BCUT2D eigenvalue weighted by Crippen LogP contribution is 2.04. The molecule has 0 N–H and O–H groups in total. The van der Waals surface area contributed by atoms with Crippen molar-refractivity contribution in [3.05, 3.63) is 11.6 Å². The van der Waals surface area contributed by atoms with Crippen molar-refractivity contribution in [1.82, 2.24) is 0 Å². The standard InChI is InChI=1S/C11H23NO3S/c1-11(2)7-9-12(3,4)8-5-6-10-16(13,14)15/h7H,5-6,8-10H2,1-4H3. The maximum Gasteiger partial charge on any atom is 0.0972 e. The predicted molar refractivity (Wildman–Crippen MR) is 65.1 cm³/mol. The van der Waals surface area contributed by atoms with Gasteiger partial charge in [-0.25, -0.2) is 8.42 Å². The number of quaternary nitrogens is 1. The minimum atomic E-state index is -4.04. The molecule has 0 heterocycles. The molecule has 0 saturated carbocycles. The highest BCUT2D eigenvalue weighted by molar-refractivity contribution is 7.85. The van der Waals surface area contributed by atoms with Crippen molar-refractivity contribution < 1.29 is 17.5 Å². The molecule has 0 saturated heterocycles. The Morgan fingerprint density at radius 1 is 1.25 bits per heavy atom. The third kappa shape index (κ3) is 10.1. The Kier molecular flexibility index (Phi) is 6.22. The van der Waals surface area contributed by atoms with Gasteiger partial charge in [-0.1, -0.05) is 5.57 Å². The molecule has 0 fully saturated rings. The van der Waals surface area contributed by atoms with Gasteiger partial charge in [0.1, 0.15) is 0 Å². The molecule has 0 aliphatic carbocycles. The number of likely N-dealkylation sites (N-methyl/N-ethyl adjacent to an activating group) is 1. The number of hydrogen-bond acceptors (Lipinski definition) is 3. The molecule has 0 amide bonds. The van der Waals surface area contributed by atoms with Gasteiger partial charge in [-0.05, 0) is 32.8 Å². The minimum Gasteiger partial charge on any atom is -0.748 e. The van der Waals surface area contributed by atoms with E-state index in [1.807, 2.05) is 0 Å². The van der Waals surface area contributed by atoms with Crippen LogP contribution in [0.5, 0.6) is 0 Å². The molecule has 5 heteroatoms. The van der Waals surface area contributed by atoms with E-state index < -0.39 is 10.1 Å². The van der Waals surface area contributed by atoms with E-state index in [0.717, 1.165) is 24.0 Å². The van der Waals surface area contributed by atoms with Crippen LogP contribution in [-0.2, 0) is 10.1 Å². The second-order valence-corrected chi connectivity index (χ2v) is 6.62. The van der Waals surface area contributed by atoms with E-state index in [9.17, 15) is 13.0 Å². The molecule has 0 bridgehead atoms. The predicted octanol–water partition coefficient (Wildman–Crippen LogP) is 1.35. The Morgan fingerprint density at radius 3 is 2.25 bits per heavy atom. The zero-order valence-electron chi connectivity index (χ0n) is 10.7. The van der Waals surface area contributed by atoms with E-state index in [-0.39, 0.29) is 5.75 Å². The lowest BCUT2D eigenvalue weighted by atomic mass is 10.2. The van der Waals surface area contributed by atoms with Crippen LogP contribution in [0.25, 0.3) is 0 Å². The zero-order chi connectivity index (χ0) is 12.8.